The Morgan fingerprint density at radius 3 is 2.73 bits per heavy atom. The van der Waals surface area contributed by atoms with Crippen LogP contribution in [0.2, 0.25) is 0 Å². The molecule has 3 rings (SSSR count). The molecule has 0 aliphatic carbocycles. The molecule has 0 radical (unpaired) electrons. The first-order valence-electron chi connectivity index (χ1n) is 7.61. The molecule has 0 bridgehead atoms. The lowest BCUT2D eigenvalue weighted by atomic mass is 10.3. The van der Waals surface area contributed by atoms with Gasteiger partial charge in [0.05, 0.1) is 6.54 Å². The lowest BCUT2D eigenvalue weighted by Crippen LogP contribution is -2.49. The van der Waals surface area contributed by atoms with Gasteiger partial charge in [-0.2, -0.15) is 0 Å². The summed E-state index contributed by atoms with van der Waals surface area (Å²) in [6.45, 7) is 8.20. The smallest absolute Gasteiger partial charge is 0.246 e. The SMILES string of the molecule is Cc1ccc(/C=C\C(=O)N2CCN(C3=NC[C@H](C)S3)CC2)o1. The molecular weight excluding hydrogens is 298 g/mol. The molecule has 1 aromatic heterocycles. The van der Waals surface area contributed by atoms with E-state index in [4.69, 9.17) is 4.42 Å². The van der Waals surface area contributed by atoms with Crippen molar-refractivity contribution in [2.45, 2.75) is 19.1 Å². The monoisotopic (exact) mass is 319 g/mol. The minimum Gasteiger partial charge on any atom is -0.462 e. The van der Waals surface area contributed by atoms with Crippen molar-refractivity contribution in [2.75, 3.05) is 32.7 Å². The molecule has 1 saturated heterocycles. The number of nitrogens with zero attached hydrogens (tertiary/aromatic N) is 3. The van der Waals surface area contributed by atoms with Gasteiger partial charge in [-0.1, -0.05) is 18.7 Å². The topological polar surface area (TPSA) is 49.1 Å². The van der Waals surface area contributed by atoms with Crippen molar-refractivity contribution in [3.8, 4) is 0 Å². The van der Waals surface area contributed by atoms with Gasteiger partial charge in [0.25, 0.3) is 0 Å². The summed E-state index contributed by atoms with van der Waals surface area (Å²) >= 11 is 1.84. The van der Waals surface area contributed by atoms with Crippen molar-refractivity contribution in [2.24, 2.45) is 4.99 Å². The number of amidine groups is 1. The minimum atomic E-state index is 0.0445. The molecule has 22 heavy (non-hydrogen) atoms. The molecule has 0 spiro atoms. The fourth-order valence-corrected chi connectivity index (χ4v) is 3.55. The third-order valence-electron chi connectivity index (χ3n) is 3.80. The maximum absolute atomic E-state index is 12.2. The molecular formula is C16H21N3O2S. The van der Waals surface area contributed by atoms with E-state index in [1.54, 1.807) is 12.2 Å². The van der Waals surface area contributed by atoms with E-state index in [2.05, 4.69) is 16.8 Å². The zero-order chi connectivity index (χ0) is 15.5. The summed E-state index contributed by atoms with van der Waals surface area (Å²) in [5.41, 5.74) is 0. The van der Waals surface area contributed by atoms with E-state index in [9.17, 15) is 4.79 Å². The van der Waals surface area contributed by atoms with Gasteiger partial charge < -0.3 is 14.2 Å². The molecule has 0 aromatic carbocycles. The molecule has 3 heterocycles. The summed E-state index contributed by atoms with van der Waals surface area (Å²) < 4.78 is 5.43. The average molecular weight is 319 g/mol. The van der Waals surface area contributed by atoms with Crippen LogP contribution in [0.3, 0.4) is 0 Å². The van der Waals surface area contributed by atoms with Crippen LogP contribution >= 0.6 is 11.8 Å². The molecule has 6 heteroatoms. The van der Waals surface area contributed by atoms with Crippen molar-refractivity contribution < 1.29 is 9.21 Å². The number of thioether (sulfide) groups is 1. The second-order valence-electron chi connectivity index (χ2n) is 5.65. The minimum absolute atomic E-state index is 0.0445. The Balaban J connectivity index is 1.50. The lowest BCUT2D eigenvalue weighted by molar-refractivity contribution is -0.127. The van der Waals surface area contributed by atoms with Crippen molar-refractivity contribution in [3.63, 3.8) is 0 Å². The van der Waals surface area contributed by atoms with Crippen molar-refractivity contribution in [1.29, 1.82) is 0 Å². The van der Waals surface area contributed by atoms with Gasteiger partial charge in [0.2, 0.25) is 5.91 Å². The molecule has 0 unspecified atom stereocenters. The number of amides is 1. The van der Waals surface area contributed by atoms with Crippen LogP contribution in [0, 0.1) is 6.92 Å². The normalized spacial score (nSPS) is 22.5. The second kappa shape index (κ2) is 6.60. The Hall–Kier alpha value is -1.69. The molecule has 0 N–H and O–H groups in total. The van der Waals surface area contributed by atoms with Gasteiger partial charge >= 0.3 is 0 Å². The van der Waals surface area contributed by atoms with E-state index in [1.807, 2.05) is 35.7 Å². The van der Waals surface area contributed by atoms with Gasteiger partial charge in [-0.25, -0.2) is 0 Å². The quantitative estimate of drug-likeness (QED) is 0.785. The summed E-state index contributed by atoms with van der Waals surface area (Å²) in [7, 11) is 0. The lowest BCUT2D eigenvalue weighted by Gasteiger charge is -2.35. The first kappa shape index (κ1) is 15.2. The highest BCUT2D eigenvalue weighted by Crippen LogP contribution is 2.23. The maximum atomic E-state index is 12.2. The number of piperazine rings is 1. The van der Waals surface area contributed by atoms with Crippen LogP contribution in [-0.2, 0) is 4.79 Å². The van der Waals surface area contributed by atoms with Crippen LogP contribution in [0.15, 0.2) is 27.6 Å². The summed E-state index contributed by atoms with van der Waals surface area (Å²) in [6.07, 6.45) is 3.33. The van der Waals surface area contributed by atoms with Gasteiger partial charge in [0, 0.05) is 37.5 Å². The van der Waals surface area contributed by atoms with Crippen LogP contribution in [-0.4, -0.2) is 58.8 Å². The van der Waals surface area contributed by atoms with E-state index in [1.165, 1.54) is 0 Å². The summed E-state index contributed by atoms with van der Waals surface area (Å²) in [5.74, 6) is 1.61. The van der Waals surface area contributed by atoms with Gasteiger partial charge in [0.15, 0.2) is 5.17 Å². The third-order valence-corrected chi connectivity index (χ3v) is 4.95. The van der Waals surface area contributed by atoms with E-state index in [-0.39, 0.29) is 5.91 Å². The molecule has 1 fully saturated rings. The maximum Gasteiger partial charge on any atom is 0.246 e. The number of rotatable bonds is 2. The highest BCUT2D eigenvalue weighted by atomic mass is 32.2. The van der Waals surface area contributed by atoms with Gasteiger partial charge in [-0.05, 0) is 25.1 Å². The van der Waals surface area contributed by atoms with Gasteiger partial charge in [-0.15, -0.1) is 0 Å². The molecule has 1 amide bonds. The molecule has 118 valence electrons. The Bertz CT molecular complexity index is 600. The predicted octanol–water partition coefficient (Wildman–Crippen LogP) is 2.24. The Morgan fingerprint density at radius 2 is 2.14 bits per heavy atom. The molecule has 5 nitrogen and oxygen atoms in total. The fraction of sp³-hybridized carbons (Fsp3) is 0.500. The van der Waals surface area contributed by atoms with Gasteiger partial charge in [-0.3, -0.25) is 9.79 Å². The zero-order valence-corrected chi connectivity index (χ0v) is 13.8. The van der Waals surface area contributed by atoms with Crippen LogP contribution in [0.1, 0.15) is 18.4 Å². The Labute approximate surface area is 135 Å². The van der Waals surface area contributed by atoms with E-state index in [0.29, 0.717) is 5.25 Å². The zero-order valence-electron chi connectivity index (χ0n) is 13.0. The summed E-state index contributed by atoms with van der Waals surface area (Å²) in [5, 5.41) is 1.72. The number of carbonyl (C=O) groups is 1. The first-order chi connectivity index (χ1) is 10.6. The number of aryl methyl sites for hydroxylation is 1. The number of aliphatic imine (C=N–C) groups is 1. The second-order valence-corrected chi connectivity index (χ2v) is 7.05. The molecule has 0 saturated carbocycles. The highest BCUT2D eigenvalue weighted by Gasteiger charge is 2.25. The van der Waals surface area contributed by atoms with Crippen LogP contribution in [0.4, 0.5) is 0 Å². The van der Waals surface area contributed by atoms with E-state index >= 15 is 0 Å². The summed E-state index contributed by atoms with van der Waals surface area (Å²) in [6, 6.07) is 3.76. The van der Waals surface area contributed by atoms with E-state index in [0.717, 1.165) is 49.4 Å². The number of hydrogen-bond donors (Lipinski definition) is 0. The van der Waals surface area contributed by atoms with Crippen LogP contribution in [0.25, 0.3) is 6.08 Å². The molecule has 1 aromatic rings. The predicted molar refractivity (Wildman–Crippen MR) is 90.0 cm³/mol. The largest absolute Gasteiger partial charge is 0.462 e. The van der Waals surface area contributed by atoms with Crippen molar-refractivity contribution in [3.05, 3.63) is 29.7 Å². The van der Waals surface area contributed by atoms with E-state index < -0.39 is 0 Å². The standard InChI is InChI=1S/C16H21N3O2S/c1-12-3-4-14(21-12)5-6-15(20)18-7-9-19(10-8-18)16-17-11-13(2)22-16/h3-6,13H,7-11H2,1-2H3/b6-5-/t13-/m0/s1. The van der Waals surface area contributed by atoms with Crippen molar-refractivity contribution in [1.82, 2.24) is 9.80 Å². The number of furan rings is 1. The van der Waals surface area contributed by atoms with Crippen LogP contribution < -0.4 is 0 Å². The molecule has 2 aliphatic rings. The number of carbonyl (C=O) groups excluding carboxylic acids is 1. The van der Waals surface area contributed by atoms with Crippen LogP contribution in [0.5, 0.6) is 0 Å². The average Bonchev–Trinajstić information content (AvgIpc) is 3.13. The third kappa shape index (κ3) is 3.55. The Morgan fingerprint density at radius 1 is 1.36 bits per heavy atom. The molecule has 2 aliphatic heterocycles. The molecule has 1 atom stereocenters. The fourth-order valence-electron chi connectivity index (χ4n) is 2.56. The van der Waals surface area contributed by atoms with Gasteiger partial charge in [0.1, 0.15) is 11.5 Å². The number of hydrogen-bond acceptors (Lipinski definition) is 5. The summed E-state index contributed by atoms with van der Waals surface area (Å²) in [4.78, 5) is 20.9. The van der Waals surface area contributed by atoms with Crippen molar-refractivity contribution >= 4 is 28.9 Å². The highest BCUT2D eigenvalue weighted by molar-refractivity contribution is 8.14. The first-order valence-corrected chi connectivity index (χ1v) is 8.49. The Kier molecular flexibility index (Phi) is 4.57.